The predicted octanol–water partition coefficient (Wildman–Crippen LogP) is 3.76. The topological polar surface area (TPSA) is 32.7 Å². The minimum Gasteiger partial charge on any atom is -0.494 e. The van der Waals surface area contributed by atoms with Gasteiger partial charge < -0.3 is 9.84 Å². The van der Waals surface area contributed by atoms with Crippen molar-refractivity contribution in [1.29, 1.82) is 0 Å². The highest BCUT2D eigenvalue weighted by molar-refractivity contribution is 5.38. The number of benzene rings is 1. The van der Waals surface area contributed by atoms with E-state index in [0.29, 0.717) is 6.61 Å². The van der Waals surface area contributed by atoms with Gasteiger partial charge in [0, 0.05) is 18.7 Å². The van der Waals surface area contributed by atoms with Crippen LogP contribution in [0, 0.1) is 5.92 Å². The van der Waals surface area contributed by atoms with Gasteiger partial charge in [-0.25, -0.2) is 0 Å². The Morgan fingerprint density at radius 1 is 1.33 bits per heavy atom. The molecule has 1 fully saturated rings. The number of rotatable bonds is 8. The summed E-state index contributed by atoms with van der Waals surface area (Å²) < 4.78 is 5.75. The molecule has 2 rings (SSSR count). The summed E-state index contributed by atoms with van der Waals surface area (Å²) in [6.45, 7) is 9.86. The first-order valence-electron chi connectivity index (χ1n) is 8.30. The van der Waals surface area contributed by atoms with E-state index in [1.54, 1.807) is 0 Å². The lowest BCUT2D eigenvalue weighted by Gasteiger charge is -2.32. The monoisotopic (exact) mass is 291 g/mol. The average Bonchev–Trinajstić information content (AvgIpc) is 2.43. The Hall–Kier alpha value is -1.06. The van der Waals surface area contributed by atoms with E-state index >= 15 is 0 Å². The zero-order chi connectivity index (χ0) is 15.2. The molecule has 3 heteroatoms. The highest BCUT2D eigenvalue weighted by Gasteiger charge is 2.21. The maximum atomic E-state index is 9.80. The zero-order valence-electron chi connectivity index (χ0n) is 13.6. The summed E-state index contributed by atoms with van der Waals surface area (Å²) in [7, 11) is 0. The average molecular weight is 291 g/mol. The van der Waals surface area contributed by atoms with E-state index in [1.165, 1.54) is 31.4 Å². The van der Waals surface area contributed by atoms with Crippen molar-refractivity contribution in [3.63, 3.8) is 0 Å². The van der Waals surface area contributed by atoms with Crippen LogP contribution in [0.4, 0.5) is 0 Å². The summed E-state index contributed by atoms with van der Waals surface area (Å²) >= 11 is 0. The van der Waals surface area contributed by atoms with Gasteiger partial charge in [-0.1, -0.05) is 19.4 Å². The molecule has 118 valence electrons. The molecule has 0 bridgehead atoms. The molecule has 0 aliphatic heterocycles. The molecule has 1 saturated carbocycles. The van der Waals surface area contributed by atoms with Crippen LogP contribution >= 0.6 is 0 Å². The van der Waals surface area contributed by atoms with Crippen LogP contribution in [0.2, 0.25) is 0 Å². The van der Waals surface area contributed by atoms with E-state index in [4.69, 9.17) is 4.74 Å². The molecule has 0 heterocycles. The second kappa shape index (κ2) is 7.81. The summed E-state index contributed by atoms with van der Waals surface area (Å²) in [5, 5.41) is 9.80. The molecule has 1 atom stereocenters. The second-order valence-corrected chi connectivity index (χ2v) is 6.10. The molecule has 0 aromatic heterocycles. The molecule has 1 unspecified atom stereocenters. The van der Waals surface area contributed by atoms with Crippen LogP contribution in [0.3, 0.4) is 0 Å². The maximum absolute atomic E-state index is 9.80. The van der Waals surface area contributed by atoms with Crippen molar-refractivity contribution in [2.75, 3.05) is 19.7 Å². The first kappa shape index (κ1) is 16.3. The lowest BCUT2D eigenvalue weighted by atomic mass is 9.85. The van der Waals surface area contributed by atoms with Gasteiger partial charge in [0.1, 0.15) is 5.75 Å². The highest BCUT2D eigenvalue weighted by atomic mass is 16.5. The third-order valence-corrected chi connectivity index (χ3v) is 4.45. The summed E-state index contributed by atoms with van der Waals surface area (Å²) in [6, 6.07) is 6.05. The van der Waals surface area contributed by atoms with Crippen LogP contribution in [0.25, 0.3) is 0 Å². The maximum Gasteiger partial charge on any atom is 0.123 e. The van der Waals surface area contributed by atoms with Crippen LogP contribution < -0.4 is 4.74 Å². The third kappa shape index (κ3) is 4.45. The Bertz CT molecular complexity index is 441. The summed E-state index contributed by atoms with van der Waals surface area (Å²) in [5.74, 6) is 1.83. The second-order valence-electron chi connectivity index (χ2n) is 6.10. The molecular formula is C18H29NO2. The van der Waals surface area contributed by atoms with E-state index in [0.717, 1.165) is 30.3 Å². The van der Waals surface area contributed by atoms with Crippen molar-refractivity contribution in [2.24, 2.45) is 5.92 Å². The van der Waals surface area contributed by atoms with Crippen molar-refractivity contribution in [3.05, 3.63) is 29.3 Å². The van der Waals surface area contributed by atoms with E-state index in [2.05, 4.69) is 17.9 Å². The Kier molecular flexibility index (Phi) is 6.07. The molecular weight excluding hydrogens is 262 g/mol. The molecule has 3 nitrogen and oxygen atoms in total. The smallest absolute Gasteiger partial charge is 0.123 e. The molecule has 1 aliphatic rings. The van der Waals surface area contributed by atoms with E-state index in [9.17, 15) is 5.11 Å². The van der Waals surface area contributed by atoms with E-state index in [-0.39, 0.29) is 0 Å². The van der Waals surface area contributed by atoms with Crippen molar-refractivity contribution in [3.8, 4) is 5.75 Å². The van der Waals surface area contributed by atoms with Gasteiger partial charge >= 0.3 is 0 Å². The largest absolute Gasteiger partial charge is 0.494 e. The fourth-order valence-electron chi connectivity index (χ4n) is 2.87. The predicted molar refractivity (Wildman–Crippen MR) is 86.5 cm³/mol. The van der Waals surface area contributed by atoms with Gasteiger partial charge in [-0.15, -0.1) is 0 Å². The van der Waals surface area contributed by atoms with Gasteiger partial charge in [0.15, 0.2) is 0 Å². The normalized spacial score (nSPS) is 16.8. The van der Waals surface area contributed by atoms with Crippen molar-refractivity contribution in [2.45, 2.75) is 52.7 Å². The minimum absolute atomic E-state index is 0.430. The molecule has 0 saturated heterocycles. The Balaban J connectivity index is 2.11. The quantitative estimate of drug-likeness (QED) is 0.791. The van der Waals surface area contributed by atoms with Crippen LogP contribution in [0.15, 0.2) is 18.2 Å². The lowest BCUT2D eigenvalue weighted by molar-refractivity contribution is 0.175. The van der Waals surface area contributed by atoms with E-state index < -0.39 is 6.10 Å². The Morgan fingerprint density at radius 2 is 2.10 bits per heavy atom. The molecule has 21 heavy (non-hydrogen) atoms. The number of ether oxygens (including phenoxy) is 1. The molecule has 0 radical (unpaired) electrons. The molecule has 0 amide bonds. The standard InChI is InChI=1S/C18H29NO2/c1-4-19(12-15-7-6-8-15)13-17-11-16(14(3)20)9-10-18(17)21-5-2/h9-11,14-15,20H,4-8,12-13H2,1-3H3. The summed E-state index contributed by atoms with van der Waals surface area (Å²) in [6.07, 6.45) is 3.72. The van der Waals surface area contributed by atoms with Crippen molar-refractivity contribution < 1.29 is 9.84 Å². The number of aliphatic hydroxyl groups excluding tert-OH is 1. The molecule has 1 aliphatic carbocycles. The fraction of sp³-hybridized carbons (Fsp3) is 0.667. The third-order valence-electron chi connectivity index (χ3n) is 4.45. The van der Waals surface area contributed by atoms with Gasteiger partial charge in [0.05, 0.1) is 12.7 Å². The Labute approximate surface area is 128 Å². The molecule has 0 spiro atoms. The molecule has 1 aromatic carbocycles. The van der Waals surface area contributed by atoms with E-state index in [1.807, 2.05) is 26.0 Å². The van der Waals surface area contributed by atoms with Crippen LogP contribution in [0.1, 0.15) is 57.3 Å². The number of hydrogen-bond acceptors (Lipinski definition) is 3. The molecule has 1 aromatic rings. The van der Waals surface area contributed by atoms with Gasteiger partial charge in [-0.2, -0.15) is 0 Å². The first-order chi connectivity index (χ1) is 10.1. The van der Waals surface area contributed by atoms with Gasteiger partial charge in [-0.05, 0) is 56.8 Å². The fourth-order valence-corrected chi connectivity index (χ4v) is 2.87. The first-order valence-corrected chi connectivity index (χ1v) is 8.30. The SMILES string of the molecule is CCOc1ccc(C(C)O)cc1CN(CC)CC1CCC1. The highest BCUT2D eigenvalue weighted by Crippen LogP contribution is 2.29. The Morgan fingerprint density at radius 3 is 2.62 bits per heavy atom. The zero-order valence-corrected chi connectivity index (χ0v) is 13.6. The van der Waals surface area contributed by atoms with Crippen LogP contribution in [0.5, 0.6) is 5.75 Å². The number of nitrogens with zero attached hydrogens (tertiary/aromatic N) is 1. The summed E-state index contributed by atoms with van der Waals surface area (Å²) in [4.78, 5) is 2.49. The van der Waals surface area contributed by atoms with Crippen molar-refractivity contribution >= 4 is 0 Å². The lowest BCUT2D eigenvalue weighted by Crippen LogP contribution is -2.32. The summed E-state index contributed by atoms with van der Waals surface area (Å²) in [5.41, 5.74) is 2.16. The molecule has 1 N–H and O–H groups in total. The minimum atomic E-state index is -0.430. The van der Waals surface area contributed by atoms with Gasteiger partial charge in [0.25, 0.3) is 0 Å². The number of aliphatic hydroxyl groups is 1. The number of hydrogen-bond donors (Lipinski definition) is 1. The van der Waals surface area contributed by atoms with Crippen LogP contribution in [-0.2, 0) is 6.54 Å². The van der Waals surface area contributed by atoms with Gasteiger partial charge in [0.2, 0.25) is 0 Å². The van der Waals surface area contributed by atoms with Crippen molar-refractivity contribution in [1.82, 2.24) is 4.90 Å². The van der Waals surface area contributed by atoms with Gasteiger partial charge in [-0.3, -0.25) is 4.90 Å². The van der Waals surface area contributed by atoms with Crippen LogP contribution in [-0.4, -0.2) is 29.7 Å².